The smallest absolute Gasteiger partial charge is 0.262 e. The van der Waals surface area contributed by atoms with Gasteiger partial charge in [0.05, 0.1) is 25.1 Å². The van der Waals surface area contributed by atoms with Crippen LogP contribution in [-0.2, 0) is 12.3 Å². The van der Waals surface area contributed by atoms with E-state index < -0.39 is 0 Å². The first-order chi connectivity index (χ1) is 13.1. The number of hydrogen-bond acceptors (Lipinski definition) is 5. The number of benzene rings is 2. The molecule has 142 valence electrons. The number of aromatic nitrogens is 2. The van der Waals surface area contributed by atoms with Crippen molar-refractivity contribution >= 4 is 22.7 Å². The number of methoxy groups -OCH3 is 2. The van der Waals surface area contributed by atoms with Gasteiger partial charge in [-0.1, -0.05) is 30.8 Å². The number of ether oxygens (including phenoxy) is 2. The van der Waals surface area contributed by atoms with Crippen molar-refractivity contribution in [3.63, 3.8) is 0 Å². The van der Waals surface area contributed by atoms with Gasteiger partial charge in [-0.3, -0.25) is 9.36 Å². The lowest BCUT2D eigenvalue weighted by atomic mass is 10.1. The van der Waals surface area contributed by atoms with Crippen LogP contribution in [0, 0.1) is 6.92 Å². The number of nitrogens with zero attached hydrogens (tertiary/aromatic N) is 2. The predicted molar refractivity (Wildman–Crippen MR) is 110 cm³/mol. The van der Waals surface area contributed by atoms with Crippen molar-refractivity contribution in [2.75, 3.05) is 14.2 Å². The van der Waals surface area contributed by atoms with Crippen LogP contribution in [0.3, 0.4) is 0 Å². The van der Waals surface area contributed by atoms with Crippen molar-refractivity contribution in [2.45, 2.75) is 37.7 Å². The third kappa shape index (κ3) is 3.95. The van der Waals surface area contributed by atoms with E-state index in [9.17, 15) is 4.79 Å². The number of aryl methyl sites for hydroxylation is 1. The van der Waals surface area contributed by atoms with Gasteiger partial charge in [0, 0.05) is 12.3 Å². The molecule has 0 bridgehead atoms. The molecule has 27 heavy (non-hydrogen) atoms. The minimum absolute atomic E-state index is 0.0222. The summed E-state index contributed by atoms with van der Waals surface area (Å²) in [6, 6.07) is 11.5. The summed E-state index contributed by atoms with van der Waals surface area (Å²) >= 11 is 1.57. The second-order valence-corrected chi connectivity index (χ2v) is 7.23. The number of rotatable bonds is 7. The molecule has 2 aromatic carbocycles. The van der Waals surface area contributed by atoms with E-state index >= 15 is 0 Å². The Hall–Kier alpha value is -2.47. The normalized spacial score (nSPS) is 11.0. The molecule has 0 saturated carbocycles. The van der Waals surface area contributed by atoms with Crippen LogP contribution in [0.2, 0.25) is 0 Å². The van der Waals surface area contributed by atoms with Crippen LogP contribution in [-0.4, -0.2) is 23.8 Å². The SMILES string of the molecule is CCCn1c(SCc2cc(OC)c(OC)cc2C)nc2ccccc2c1=O. The molecular weight excluding hydrogens is 360 g/mol. The second-order valence-electron chi connectivity index (χ2n) is 6.29. The van der Waals surface area contributed by atoms with E-state index in [0.29, 0.717) is 23.4 Å². The Balaban J connectivity index is 1.97. The van der Waals surface area contributed by atoms with Gasteiger partial charge in [-0.05, 0) is 48.7 Å². The zero-order valence-electron chi connectivity index (χ0n) is 16.1. The van der Waals surface area contributed by atoms with Gasteiger partial charge in [-0.2, -0.15) is 0 Å². The molecule has 0 unspecified atom stereocenters. The van der Waals surface area contributed by atoms with Crippen LogP contribution in [0.1, 0.15) is 24.5 Å². The Labute approximate surface area is 163 Å². The average Bonchev–Trinajstić information content (AvgIpc) is 2.69. The second kappa shape index (κ2) is 8.48. The van der Waals surface area contributed by atoms with Crippen molar-refractivity contribution < 1.29 is 9.47 Å². The molecule has 0 saturated heterocycles. The highest BCUT2D eigenvalue weighted by atomic mass is 32.2. The van der Waals surface area contributed by atoms with Crippen LogP contribution in [0.5, 0.6) is 11.5 Å². The molecule has 0 aliphatic carbocycles. The van der Waals surface area contributed by atoms with Crippen molar-refractivity contribution in [1.82, 2.24) is 9.55 Å². The Morgan fingerprint density at radius 3 is 2.52 bits per heavy atom. The first-order valence-corrected chi connectivity index (χ1v) is 9.91. The summed E-state index contributed by atoms with van der Waals surface area (Å²) in [5, 5.41) is 1.41. The van der Waals surface area contributed by atoms with E-state index in [1.807, 2.05) is 43.3 Å². The fraction of sp³-hybridized carbons (Fsp3) is 0.333. The fourth-order valence-electron chi connectivity index (χ4n) is 3.00. The lowest BCUT2D eigenvalue weighted by Gasteiger charge is -2.15. The highest BCUT2D eigenvalue weighted by Crippen LogP contribution is 2.33. The molecule has 0 aliphatic rings. The average molecular weight is 385 g/mol. The molecule has 6 heteroatoms. The number of fused-ring (bicyclic) bond motifs is 1. The van der Waals surface area contributed by atoms with E-state index in [-0.39, 0.29) is 5.56 Å². The van der Waals surface area contributed by atoms with E-state index in [1.165, 1.54) is 0 Å². The van der Waals surface area contributed by atoms with E-state index in [1.54, 1.807) is 30.5 Å². The molecule has 5 nitrogen and oxygen atoms in total. The van der Waals surface area contributed by atoms with Crippen LogP contribution in [0.15, 0.2) is 46.3 Å². The van der Waals surface area contributed by atoms with Crippen molar-refractivity contribution in [3.05, 3.63) is 57.9 Å². The Morgan fingerprint density at radius 2 is 1.81 bits per heavy atom. The summed E-state index contributed by atoms with van der Waals surface area (Å²) < 4.78 is 12.6. The molecular formula is C21H24N2O3S. The first-order valence-electron chi connectivity index (χ1n) is 8.93. The molecule has 0 aliphatic heterocycles. The standard InChI is InChI=1S/C21H24N2O3S/c1-5-10-23-20(24)16-8-6-7-9-17(16)22-21(23)27-13-15-12-19(26-4)18(25-3)11-14(15)2/h6-9,11-12H,5,10,13H2,1-4H3. The van der Waals surface area contributed by atoms with Gasteiger partial charge in [-0.25, -0.2) is 4.98 Å². The number of para-hydroxylation sites is 1. The molecule has 0 spiro atoms. The van der Waals surface area contributed by atoms with Gasteiger partial charge in [0.15, 0.2) is 16.7 Å². The molecule has 1 heterocycles. The third-order valence-corrected chi connectivity index (χ3v) is 5.50. The lowest BCUT2D eigenvalue weighted by molar-refractivity contribution is 0.354. The molecule has 0 amide bonds. The Morgan fingerprint density at radius 1 is 1.11 bits per heavy atom. The van der Waals surface area contributed by atoms with Crippen LogP contribution in [0.25, 0.3) is 10.9 Å². The monoisotopic (exact) mass is 384 g/mol. The maximum atomic E-state index is 12.9. The van der Waals surface area contributed by atoms with E-state index in [2.05, 4.69) is 6.92 Å². The van der Waals surface area contributed by atoms with Gasteiger partial charge in [0.25, 0.3) is 5.56 Å². The summed E-state index contributed by atoms with van der Waals surface area (Å²) in [4.78, 5) is 17.6. The minimum Gasteiger partial charge on any atom is -0.493 e. The van der Waals surface area contributed by atoms with Gasteiger partial charge < -0.3 is 9.47 Å². The van der Waals surface area contributed by atoms with Crippen molar-refractivity contribution in [3.8, 4) is 11.5 Å². The maximum absolute atomic E-state index is 12.9. The minimum atomic E-state index is 0.0222. The molecule has 0 atom stereocenters. The van der Waals surface area contributed by atoms with Crippen LogP contribution in [0.4, 0.5) is 0 Å². The molecule has 1 aromatic heterocycles. The van der Waals surface area contributed by atoms with Crippen molar-refractivity contribution in [2.24, 2.45) is 0 Å². The van der Waals surface area contributed by atoms with Gasteiger partial charge in [0.2, 0.25) is 0 Å². The molecule has 0 radical (unpaired) electrons. The Kier molecular flexibility index (Phi) is 6.06. The highest BCUT2D eigenvalue weighted by Gasteiger charge is 2.13. The van der Waals surface area contributed by atoms with E-state index in [0.717, 1.165) is 34.0 Å². The predicted octanol–water partition coefficient (Wildman–Crippen LogP) is 4.42. The highest BCUT2D eigenvalue weighted by molar-refractivity contribution is 7.98. The topological polar surface area (TPSA) is 53.4 Å². The summed E-state index contributed by atoms with van der Waals surface area (Å²) in [6.45, 7) is 4.77. The van der Waals surface area contributed by atoms with Gasteiger partial charge >= 0.3 is 0 Å². The largest absolute Gasteiger partial charge is 0.493 e. The first kappa shape index (κ1) is 19.3. The van der Waals surface area contributed by atoms with E-state index in [4.69, 9.17) is 14.5 Å². The lowest BCUT2D eigenvalue weighted by Crippen LogP contribution is -2.23. The van der Waals surface area contributed by atoms with Crippen LogP contribution < -0.4 is 15.0 Å². The molecule has 0 N–H and O–H groups in total. The Bertz CT molecular complexity index is 1010. The van der Waals surface area contributed by atoms with Gasteiger partial charge in [-0.15, -0.1) is 0 Å². The number of hydrogen-bond donors (Lipinski definition) is 0. The van der Waals surface area contributed by atoms with Crippen LogP contribution >= 0.6 is 11.8 Å². The summed E-state index contributed by atoms with van der Waals surface area (Å²) in [5.74, 6) is 2.12. The zero-order valence-corrected chi connectivity index (χ0v) is 16.9. The summed E-state index contributed by atoms with van der Waals surface area (Å²) in [5.41, 5.74) is 3.00. The zero-order chi connectivity index (χ0) is 19.4. The molecule has 3 aromatic rings. The summed E-state index contributed by atoms with van der Waals surface area (Å²) in [7, 11) is 3.27. The third-order valence-electron chi connectivity index (χ3n) is 4.47. The number of thioether (sulfide) groups is 1. The maximum Gasteiger partial charge on any atom is 0.262 e. The van der Waals surface area contributed by atoms with Gasteiger partial charge in [0.1, 0.15) is 0 Å². The summed E-state index contributed by atoms with van der Waals surface area (Å²) in [6.07, 6.45) is 0.878. The quantitative estimate of drug-likeness (QED) is 0.446. The molecule has 3 rings (SSSR count). The molecule has 0 fully saturated rings. The van der Waals surface area contributed by atoms with Crippen molar-refractivity contribution in [1.29, 1.82) is 0 Å². The fourth-order valence-corrected chi connectivity index (χ4v) is 4.09.